The highest BCUT2D eigenvalue weighted by Gasteiger charge is 2.47. The number of fused-ring (bicyclic) bond motifs is 4. The minimum Gasteiger partial charge on any atom is -0.497 e. The number of benzene rings is 3. The number of nitrogens with zero attached hydrogens (tertiary/aromatic N) is 6. The summed E-state index contributed by atoms with van der Waals surface area (Å²) in [6, 6.07) is 0.738. The number of H-pyrrole nitrogens is 3. The van der Waals surface area contributed by atoms with Crippen LogP contribution < -0.4 is 64.5 Å². The number of para-hydroxylation sites is 2. The Bertz CT molecular complexity index is 5220. The molecule has 0 unspecified atom stereocenters. The second kappa shape index (κ2) is 50.3. The number of ether oxygens (including phenoxy) is 1. The summed E-state index contributed by atoms with van der Waals surface area (Å²) in [5, 5.41) is 45.7. The number of ketones is 2. The molecular weight excluding hydrogens is 1770 g/mol. The highest BCUT2D eigenvalue weighted by atomic mass is 32.2. The van der Waals surface area contributed by atoms with E-state index in [1.807, 2.05) is 13.8 Å². The van der Waals surface area contributed by atoms with Crippen molar-refractivity contribution in [2.75, 3.05) is 59.5 Å². The number of carbonyl (C=O) groups is 18. The SMILES string of the molecule is CCCC[C@H]1C(=O)N(C)[C@@H](CCCC)C(=O)N[C@@H](CC(C)C)C(=O)N[C@H](C(=O)CCC(N)=O)CSCC(=O)N[C@@H](Cc2ccc(OC)cc2)C(=O)N(C)[C@@H](C)C(=O)N[C@@H](CC(N)=O)C(=O)N2CCC[C@H]2C(=O)N[C@@H](Cc2c[nH]cn2)C(=O)N[C@@H](CCC(N)=O)C(=O)N2C[C@H](O)C[C@H]2C(=O)N[C@@H](Cc2c[nH]c3ccccc23)C(=O)C[C@@H](CO)C(=O)N[C@@H](Cc2c[nH]c3ccccc23)C(=O)N1C. The molecule has 3 saturated heterocycles. The lowest BCUT2D eigenvalue weighted by Crippen LogP contribution is -2.60. The zero-order valence-corrected chi connectivity index (χ0v) is 78.4. The Balaban J connectivity index is 1.10. The maximum atomic E-state index is 15.8. The predicted molar refractivity (Wildman–Crippen MR) is 496 cm³/mol. The molecule has 3 aromatic heterocycles. The van der Waals surface area contributed by atoms with Crippen molar-refractivity contribution in [3.8, 4) is 5.75 Å². The van der Waals surface area contributed by atoms with Crippen LogP contribution in [0.5, 0.6) is 5.75 Å². The normalized spacial score (nSPS) is 24.9. The average Bonchev–Trinajstić information content (AvgIpc) is 1.82. The Labute approximate surface area is 786 Å². The lowest BCUT2D eigenvalue weighted by molar-refractivity contribution is -0.149. The van der Waals surface area contributed by atoms with Gasteiger partial charge in [-0.2, -0.15) is 0 Å². The number of aromatic amines is 3. The largest absolute Gasteiger partial charge is 0.497 e. The molecule has 135 heavy (non-hydrogen) atoms. The summed E-state index contributed by atoms with van der Waals surface area (Å²) in [5.74, 6) is -18.6. The number of Topliss-reactive ketones (excluding diaryl/α,β-unsaturated/α-hetero) is 2. The van der Waals surface area contributed by atoms with Gasteiger partial charge in [0.15, 0.2) is 11.6 Å². The van der Waals surface area contributed by atoms with Gasteiger partial charge in [0.1, 0.15) is 72.2 Å². The van der Waals surface area contributed by atoms with E-state index in [1.54, 1.807) is 99.0 Å². The third-order valence-corrected chi connectivity index (χ3v) is 25.8. The number of thioether (sulfide) groups is 1. The van der Waals surface area contributed by atoms with Gasteiger partial charge in [-0.05, 0) is 92.3 Å². The quantitative estimate of drug-likeness (QED) is 0.0315. The standard InChI is InChI=1S/C93H128N20O21S/c1-10-12-23-72-86(126)104-66(35-51(3)4)84(124)108-71(76(116)31-33-79(95)119)48-135-49-81(121)101-68(36-53-26-28-59(134-9)29-27-53)89(129)109(6)52(5)82(122)106-70(42-80(96)120)92(132)112-34-18-25-73(112)87(127)105-67(40-57-45-97-50-100-57)85(125)102-64(30-32-78(94)118)91(131)113-46-58(115)41-75(113)88(128)103-65(37-54-43-98-62-21-16-14-19-60(54)62)77(117)39-56(47-114)83(123)107-69(38-55-44-99-63-22-17-15-20-61(55)63)90(130)111(8)74(24-13-11-2)93(133)110(72)7/h14-17,19-22,26-29,43-45,50-52,56,58,64-75,98-99,114-115H,10-13,18,23-25,30-42,46-49H2,1-9H3,(H2,94,118)(H2,95,119)(H2,96,120)(H,97,100)(H,101,121)(H,102,125)(H,103,128)(H,104,126)(H,105,127)(H,106,122)(H,107,123)(H,108,124)/t52-,56-,58+,64-,65-,66-,67-,68-,69-,70-,71-,72-,73-,74-,75-/m0/s1. The minimum absolute atomic E-state index is 0.0243. The summed E-state index contributed by atoms with van der Waals surface area (Å²) < 4.78 is 5.35. The fourth-order valence-electron chi connectivity index (χ4n) is 17.0. The third-order valence-electron chi connectivity index (χ3n) is 24.8. The Morgan fingerprint density at radius 1 is 0.548 bits per heavy atom. The zero-order valence-electron chi connectivity index (χ0n) is 77.6. The van der Waals surface area contributed by atoms with Crippen molar-refractivity contribution in [2.45, 2.75) is 248 Å². The second-order valence-corrected chi connectivity index (χ2v) is 36.3. The number of nitrogens with one attached hydrogen (secondary N) is 11. The van der Waals surface area contributed by atoms with Gasteiger partial charge in [0, 0.05) is 138 Å². The molecule has 0 bridgehead atoms. The maximum Gasteiger partial charge on any atom is 0.246 e. The number of aromatic nitrogens is 4. The summed E-state index contributed by atoms with van der Waals surface area (Å²) in [4.78, 5) is 282. The highest BCUT2D eigenvalue weighted by molar-refractivity contribution is 8.00. The van der Waals surface area contributed by atoms with E-state index >= 15 is 38.4 Å². The summed E-state index contributed by atoms with van der Waals surface area (Å²) in [6.45, 7) is 6.87. The van der Waals surface area contributed by atoms with Gasteiger partial charge in [-0.3, -0.25) is 86.3 Å². The van der Waals surface area contributed by atoms with Crippen LogP contribution in [0.4, 0.5) is 0 Å². The number of carbonyl (C=O) groups excluding carboxylic acids is 18. The molecular formula is C93H128N20O21S. The summed E-state index contributed by atoms with van der Waals surface area (Å²) in [5.41, 5.74) is 19.9. The molecule has 6 heterocycles. The Morgan fingerprint density at radius 3 is 1.70 bits per heavy atom. The van der Waals surface area contributed by atoms with E-state index in [-0.39, 0.29) is 75.3 Å². The molecule has 0 aliphatic carbocycles. The molecule has 3 fully saturated rings. The van der Waals surface area contributed by atoms with Crippen molar-refractivity contribution in [3.63, 3.8) is 0 Å². The Kier molecular flexibility index (Phi) is 39.3. The molecule has 42 heteroatoms. The molecule has 15 atom stereocenters. The van der Waals surface area contributed by atoms with E-state index in [9.17, 15) is 58.2 Å². The first-order chi connectivity index (χ1) is 64.3. The topological polar surface area (TPSA) is 608 Å². The molecule has 41 nitrogen and oxygen atoms in total. The van der Waals surface area contributed by atoms with E-state index < -0.39 is 267 Å². The number of imidazole rings is 1. The monoisotopic (exact) mass is 1890 g/mol. The van der Waals surface area contributed by atoms with Crippen molar-refractivity contribution in [3.05, 3.63) is 120 Å². The van der Waals surface area contributed by atoms with Crippen LogP contribution in [0, 0.1) is 11.8 Å². The number of unbranched alkanes of at least 4 members (excludes halogenated alkanes) is 2. The van der Waals surface area contributed by atoms with E-state index in [1.165, 1.54) is 57.5 Å². The molecule has 0 spiro atoms. The summed E-state index contributed by atoms with van der Waals surface area (Å²) in [6.07, 6.45) is 1.24. The number of methoxy groups -OCH3 is 1. The average molecular weight is 1890 g/mol. The number of likely N-dealkylation sites (N-methyl/N-ethyl adjacent to an activating group) is 3. The minimum atomic E-state index is -1.79. The van der Waals surface area contributed by atoms with Crippen molar-refractivity contribution in [1.29, 1.82) is 0 Å². The van der Waals surface area contributed by atoms with Crippen LogP contribution in [0.2, 0.25) is 0 Å². The van der Waals surface area contributed by atoms with Crippen molar-refractivity contribution >= 4 is 140 Å². The Hall–Kier alpha value is -13.1. The first-order valence-corrected chi connectivity index (χ1v) is 46.8. The maximum absolute atomic E-state index is 15.8. The van der Waals surface area contributed by atoms with Crippen LogP contribution in [0.1, 0.15) is 160 Å². The smallest absolute Gasteiger partial charge is 0.246 e. The lowest BCUT2D eigenvalue weighted by atomic mass is 9.93. The molecule has 0 radical (unpaired) electrons. The van der Waals surface area contributed by atoms with Gasteiger partial charge in [0.25, 0.3) is 0 Å². The number of primary amides is 3. The van der Waals surface area contributed by atoms with Crippen LogP contribution in [-0.2, 0) is 112 Å². The molecule has 732 valence electrons. The predicted octanol–water partition coefficient (Wildman–Crippen LogP) is -0.300. The van der Waals surface area contributed by atoms with Crippen molar-refractivity contribution in [1.82, 2.24) is 87.0 Å². The van der Waals surface area contributed by atoms with E-state index in [4.69, 9.17) is 21.9 Å². The van der Waals surface area contributed by atoms with Crippen LogP contribution in [0.3, 0.4) is 0 Å². The van der Waals surface area contributed by atoms with Gasteiger partial charge in [0.05, 0.1) is 62.0 Å². The van der Waals surface area contributed by atoms with Crippen LogP contribution >= 0.6 is 11.8 Å². The first-order valence-electron chi connectivity index (χ1n) is 45.6. The summed E-state index contributed by atoms with van der Waals surface area (Å²) >= 11 is 0.847. The number of hydrogen-bond acceptors (Lipinski definition) is 23. The van der Waals surface area contributed by atoms with Gasteiger partial charge in [0.2, 0.25) is 94.5 Å². The molecule has 0 saturated carbocycles. The molecule has 9 rings (SSSR count). The van der Waals surface area contributed by atoms with E-state index in [0.29, 0.717) is 69.9 Å². The second-order valence-electron chi connectivity index (χ2n) is 35.2. The number of rotatable bonds is 27. The van der Waals surface area contributed by atoms with Gasteiger partial charge >= 0.3 is 0 Å². The molecule has 3 aliphatic rings. The van der Waals surface area contributed by atoms with Crippen LogP contribution in [0.15, 0.2) is 97.7 Å². The van der Waals surface area contributed by atoms with Crippen LogP contribution in [-0.4, -0.2) is 305 Å². The molecule has 16 amide bonds. The fraction of sp³-hybridized carbons (Fsp3) is 0.538. The molecule has 19 N–H and O–H groups in total. The van der Waals surface area contributed by atoms with Gasteiger partial charge in [-0.25, -0.2) is 4.98 Å². The third kappa shape index (κ3) is 29.2. The van der Waals surface area contributed by atoms with Gasteiger partial charge in [-0.15, -0.1) is 11.8 Å². The Morgan fingerprint density at radius 2 is 1.10 bits per heavy atom. The number of hydrogen-bond donors (Lipinski definition) is 16. The van der Waals surface area contributed by atoms with Crippen LogP contribution in [0.25, 0.3) is 21.8 Å². The van der Waals surface area contributed by atoms with E-state index in [2.05, 4.69) is 62.5 Å². The first kappa shape index (κ1) is 106. The van der Waals surface area contributed by atoms with E-state index in [0.717, 1.165) is 26.5 Å². The van der Waals surface area contributed by atoms with Gasteiger partial charge < -0.3 is 114 Å². The number of amides is 16. The highest BCUT2D eigenvalue weighted by Crippen LogP contribution is 2.29. The van der Waals surface area contributed by atoms with Crippen molar-refractivity contribution in [2.24, 2.45) is 29.0 Å². The zero-order chi connectivity index (χ0) is 98.6. The molecule has 3 aliphatic heterocycles. The lowest BCUT2D eigenvalue weighted by Gasteiger charge is -2.36. The molecule has 6 aromatic rings. The summed E-state index contributed by atoms with van der Waals surface area (Å²) in [7, 11) is 5.44. The number of aliphatic hydroxyl groups is 2. The molecule has 3 aromatic carbocycles. The van der Waals surface area contributed by atoms with Crippen molar-refractivity contribution < 1.29 is 101 Å². The number of aliphatic hydroxyl groups excluding tert-OH is 2. The fourth-order valence-corrected chi connectivity index (χ4v) is 17.9. The van der Waals surface area contributed by atoms with Gasteiger partial charge in [-0.1, -0.05) is 102 Å². The number of nitrogens with two attached hydrogens (primary N) is 3.